The van der Waals surface area contributed by atoms with Crippen LogP contribution in [0.1, 0.15) is 5.56 Å². The number of hydrogen-bond donors (Lipinski definition) is 0. The molecule has 0 aliphatic carbocycles. The number of benzene rings is 1. The summed E-state index contributed by atoms with van der Waals surface area (Å²) >= 11 is 6.46. The van der Waals surface area contributed by atoms with Crippen LogP contribution in [-0.4, -0.2) is 57.6 Å². The Hall–Kier alpha value is -2.21. The van der Waals surface area contributed by atoms with Crippen LogP contribution < -0.4 is 0 Å². The van der Waals surface area contributed by atoms with Gasteiger partial charge in [0.1, 0.15) is 5.52 Å². The highest BCUT2D eigenvalue weighted by molar-refractivity contribution is 6.35. The number of fused-ring (bicyclic) bond motifs is 1. The van der Waals surface area contributed by atoms with E-state index < -0.39 is 0 Å². The second-order valence-electron chi connectivity index (χ2n) is 7.14. The fourth-order valence-electron chi connectivity index (χ4n) is 3.51. The summed E-state index contributed by atoms with van der Waals surface area (Å²) in [4.78, 5) is 14.0. The Bertz CT molecular complexity index is 939. The highest BCUT2D eigenvalue weighted by atomic mass is 35.5. The van der Waals surface area contributed by atoms with Gasteiger partial charge in [-0.3, -0.25) is 9.88 Å². The van der Waals surface area contributed by atoms with Gasteiger partial charge in [-0.1, -0.05) is 23.7 Å². The molecule has 1 aliphatic heterocycles. The van der Waals surface area contributed by atoms with Crippen LogP contribution in [-0.2, 0) is 13.1 Å². The minimum absolute atomic E-state index is 0.647. The Morgan fingerprint density at radius 3 is 2.67 bits per heavy atom. The molecule has 0 spiro atoms. The van der Waals surface area contributed by atoms with Crippen LogP contribution in [0.25, 0.3) is 22.3 Å². The standard InChI is InChI=1S/C21H24ClN5/c1-3-6-27-15-24-21-18(22)11-17(12-20(21)27)19-5-4-16(13-23-19)14-26-9-7-25(2)8-10-26/h3-5,11-13,15H,1,6-10,14H2,2H3. The van der Waals surface area contributed by atoms with Crippen LogP contribution in [0.15, 0.2) is 49.4 Å². The lowest BCUT2D eigenvalue weighted by Crippen LogP contribution is -2.43. The van der Waals surface area contributed by atoms with E-state index in [2.05, 4.69) is 46.6 Å². The van der Waals surface area contributed by atoms with Crippen molar-refractivity contribution < 1.29 is 0 Å². The number of imidazole rings is 1. The van der Waals surface area contributed by atoms with Crippen LogP contribution in [0.3, 0.4) is 0 Å². The molecule has 0 saturated carbocycles. The molecule has 3 aromatic rings. The number of piperazine rings is 1. The smallest absolute Gasteiger partial charge is 0.107 e. The molecule has 3 heterocycles. The van der Waals surface area contributed by atoms with Crippen LogP contribution in [0.2, 0.25) is 5.02 Å². The third kappa shape index (κ3) is 3.90. The second-order valence-corrected chi connectivity index (χ2v) is 7.55. The monoisotopic (exact) mass is 381 g/mol. The molecule has 1 fully saturated rings. The van der Waals surface area contributed by atoms with Gasteiger partial charge in [0.15, 0.2) is 0 Å². The van der Waals surface area contributed by atoms with Gasteiger partial charge in [0.2, 0.25) is 0 Å². The van der Waals surface area contributed by atoms with Crippen molar-refractivity contribution in [2.45, 2.75) is 13.1 Å². The van der Waals surface area contributed by atoms with Gasteiger partial charge in [0.05, 0.1) is 22.6 Å². The Morgan fingerprint density at radius 2 is 1.96 bits per heavy atom. The van der Waals surface area contributed by atoms with Gasteiger partial charge in [0.25, 0.3) is 0 Å². The SMILES string of the molecule is C=CCn1cnc2c(Cl)cc(-c3ccc(CN4CCN(C)CC4)cn3)cc21. The zero-order valence-corrected chi connectivity index (χ0v) is 16.4. The number of aromatic nitrogens is 3. The molecule has 1 saturated heterocycles. The predicted octanol–water partition coefficient (Wildman–Crippen LogP) is 3.69. The van der Waals surface area contributed by atoms with Crippen LogP contribution >= 0.6 is 11.6 Å². The Labute approximate surface area is 164 Å². The number of pyridine rings is 1. The van der Waals surface area contributed by atoms with Crippen LogP contribution in [0.4, 0.5) is 0 Å². The third-order valence-corrected chi connectivity index (χ3v) is 5.42. The van der Waals surface area contributed by atoms with E-state index >= 15 is 0 Å². The Kier molecular flexibility index (Phi) is 5.25. The van der Waals surface area contributed by atoms with Crippen molar-refractivity contribution in [1.82, 2.24) is 24.3 Å². The van der Waals surface area contributed by atoms with Crippen molar-refractivity contribution in [3.05, 3.63) is 60.0 Å². The minimum atomic E-state index is 0.647. The molecule has 6 heteroatoms. The van der Waals surface area contributed by atoms with Gasteiger partial charge in [-0.15, -0.1) is 6.58 Å². The molecule has 5 nitrogen and oxygen atoms in total. The summed E-state index contributed by atoms with van der Waals surface area (Å²) in [7, 11) is 2.18. The first-order chi connectivity index (χ1) is 13.1. The molecule has 0 amide bonds. The van der Waals surface area contributed by atoms with E-state index in [4.69, 9.17) is 16.6 Å². The fraction of sp³-hybridized carbons (Fsp3) is 0.333. The average molecular weight is 382 g/mol. The van der Waals surface area contributed by atoms with Crippen LogP contribution in [0.5, 0.6) is 0 Å². The molecule has 2 aromatic heterocycles. The largest absolute Gasteiger partial charge is 0.327 e. The lowest BCUT2D eigenvalue weighted by molar-refractivity contribution is 0.148. The lowest BCUT2D eigenvalue weighted by Gasteiger charge is -2.32. The van der Waals surface area contributed by atoms with Gasteiger partial charge in [-0.25, -0.2) is 4.98 Å². The Morgan fingerprint density at radius 1 is 1.15 bits per heavy atom. The molecule has 0 bridgehead atoms. The first-order valence-corrected chi connectivity index (χ1v) is 9.63. The zero-order valence-electron chi connectivity index (χ0n) is 15.6. The average Bonchev–Trinajstić information content (AvgIpc) is 3.08. The maximum Gasteiger partial charge on any atom is 0.107 e. The number of allylic oxidation sites excluding steroid dienone is 1. The van der Waals surface area contributed by atoms with E-state index in [-0.39, 0.29) is 0 Å². The highest BCUT2D eigenvalue weighted by Crippen LogP contribution is 2.29. The van der Waals surface area contributed by atoms with Crippen molar-refractivity contribution in [1.29, 1.82) is 0 Å². The summed E-state index contributed by atoms with van der Waals surface area (Å²) in [5, 5.41) is 0.647. The second kappa shape index (κ2) is 7.80. The Balaban J connectivity index is 1.56. The first-order valence-electron chi connectivity index (χ1n) is 9.25. The summed E-state index contributed by atoms with van der Waals surface area (Å²) in [5.41, 5.74) is 4.98. The van der Waals surface area contributed by atoms with E-state index in [1.807, 2.05) is 22.9 Å². The highest BCUT2D eigenvalue weighted by Gasteiger charge is 2.14. The molecule has 1 aromatic carbocycles. The van der Waals surface area contributed by atoms with Gasteiger partial charge < -0.3 is 9.47 Å². The number of likely N-dealkylation sites (N-methyl/N-ethyl adjacent to an activating group) is 1. The molecule has 1 aliphatic rings. The normalized spacial score (nSPS) is 16.1. The van der Waals surface area contributed by atoms with E-state index in [1.54, 1.807) is 6.33 Å². The molecular weight excluding hydrogens is 358 g/mol. The minimum Gasteiger partial charge on any atom is -0.327 e. The summed E-state index contributed by atoms with van der Waals surface area (Å²) in [5.74, 6) is 0. The molecule has 0 radical (unpaired) electrons. The van der Waals surface area contributed by atoms with Gasteiger partial charge in [-0.05, 0) is 30.8 Å². The van der Waals surface area contributed by atoms with Gasteiger partial charge >= 0.3 is 0 Å². The van der Waals surface area contributed by atoms with Crippen LogP contribution in [0, 0.1) is 0 Å². The number of nitrogens with zero attached hydrogens (tertiary/aromatic N) is 5. The molecule has 140 valence electrons. The molecule has 4 rings (SSSR count). The number of hydrogen-bond acceptors (Lipinski definition) is 4. The van der Waals surface area contributed by atoms with E-state index in [0.29, 0.717) is 11.6 Å². The zero-order chi connectivity index (χ0) is 18.8. The van der Waals surface area contributed by atoms with Crippen molar-refractivity contribution in [3.63, 3.8) is 0 Å². The van der Waals surface area contributed by atoms with Gasteiger partial charge in [0, 0.05) is 51.0 Å². The molecular formula is C21H24ClN5. The fourth-order valence-corrected chi connectivity index (χ4v) is 3.77. The lowest BCUT2D eigenvalue weighted by atomic mass is 10.1. The molecule has 0 atom stereocenters. The van der Waals surface area contributed by atoms with Crippen molar-refractivity contribution in [3.8, 4) is 11.3 Å². The van der Waals surface area contributed by atoms with Crippen molar-refractivity contribution in [2.75, 3.05) is 33.2 Å². The summed E-state index contributed by atoms with van der Waals surface area (Å²) in [6, 6.07) is 8.29. The topological polar surface area (TPSA) is 37.2 Å². The molecule has 27 heavy (non-hydrogen) atoms. The predicted molar refractivity (Wildman–Crippen MR) is 111 cm³/mol. The third-order valence-electron chi connectivity index (χ3n) is 5.13. The van der Waals surface area contributed by atoms with Crippen molar-refractivity contribution in [2.24, 2.45) is 0 Å². The number of rotatable bonds is 5. The maximum atomic E-state index is 6.46. The van der Waals surface area contributed by atoms with Gasteiger partial charge in [-0.2, -0.15) is 0 Å². The summed E-state index contributed by atoms with van der Waals surface area (Å²) in [6.45, 7) is 9.93. The first kappa shape index (κ1) is 18.2. The quantitative estimate of drug-likeness (QED) is 0.632. The van der Waals surface area contributed by atoms with Crippen molar-refractivity contribution >= 4 is 22.6 Å². The summed E-state index contributed by atoms with van der Waals surface area (Å²) < 4.78 is 2.04. The maximum absolute atomic E-state index is 6.46. The van der Waals surface area contributed by atoms with E-state index in [9.17, 15) is 0 Å². The molecule has 0 unspecified atom stereocenters. The molecule has 0 N–H and O–H groups in total. The van der Waals surface area contributed by atoms with E-state index in [1.165, 1.54) is 5.56 Å². The van der Waals surface area contributed by atoms with E-state index in [0.717, 1.165) is 55.0 Å². The number of halogens is 1. The summed E-state index contributed by atoms with van der Waals surface area (Å²) in [6.07, 6.45) is 5.63.